The Hall–Kier alpha value is -3.28. The van der Waals surface area contributed by atoms with Gasteiger partial charge in [-0.1, -0.05) is 55.3 Å². The highest BCUT2D eigenvalue weighted by Crippen LogP contribution is 2.31. The van der Waals surface area contributed by atoms with E-state index >= 15 is 0 Å². The molecule has 1 unspecified atom stereocenters. The molecule has 1 aliphatic heterocycles. The smallest absolute Gasteiger partial charge is 0.338 e. The average Bonchev–Trinajstić information content (AvgIpc) is 2.73. The first-order valence-electron chi connectivity index (χ1n) is 10.3. The van der Waals surface area contributed by atoms with Crippen molar-refractivity contribution in [1.82, 2.24) is 10.6 Å². The van der Waals surface area contributed by atoms with Crippen molar-refractivity contribution in [3.63, 3.8) is 0 Å². The molecule has 0 saturated heterocycles. The standard InChI is InChI=1S/C24H28N2O4/c1-4-7-20-21(23(27)29-5-2)22(26-24(28)25-20)18-8-6-9-19(14-18)30-15-17-12-10-16(3)11-13-17/h6,8-14,22H,4-5,7,15H2,1-3H3,(H2,25,26,28). The number of amides is 2. The first-order valence-corrected chi connectivity index (χ1v) is 10.3. The second kappa shape index (κ2) is 9.96. The van der Waals surface area contributed by atoms with Crippen molar-refractivity contribution < 1.29 is 19.1 Å². The quantitative estimate of drug-likeness (QED) is 0.629. The van der Waals surface area contributed by atoms with Crippen molar-refractivity contribution in [3.8, 4) is 5.75 Å². The predicted molar refractivity (Wildman–Crippen MR) is 115 cm³/mol. The Morgan fingerprint density at radius 3 is 2.57 bits per heavy atom. The molecule has 2 N–H and O–H groups in total. The Kier molecular flexibility index (Phi) is 7.12. The molecule has 0 aromatic heterocycles. The lowest BCUT2D eigenvalue weighted by molar-refractivity contribution is -0.139. The number of ether oxygens (including phenoxy) is 2. The third-order valence-corrected chi connectivity index (χ3v) is 4.87. The summed E-state index contributed by atoms with van der Waals surface area (Å²) in [5.74, 6) is 0.241. The summed E-state index contributed by atoms with van der Waals surface area (Å²) in [5, 5.41) is 5.62. The van der Waals surface area contributed by atoms with Crippen LogP contribution in [0.1, 0.15) is 49.4 Å². The molecule has 0 saturated carbocycles. The summed E-state index contributed by atoms with van der Waals surface area (Å²) in [6.45, 7) is 6.51. The zero-order valence-corrected chi connectivity index (χ0v) is 17.7. The van der Waals surface area contributed by atoms with Crippen LogP contribution in [-0.2, 0) is 16.1 Å². The summed E-state index contributed by atoms with van der Waals surface area (Å²) in [6, 6.07) is 14.7. The number of urea groups is 1. The number of benzene rings is 2. The molecule has 0 spiro atoms. The molecule has 30 heavy (non-hydrogen) atoms. The van der Waals surface area contributed by atoms with Gasteiger partial charge < -0.3 is 20.1 Å². The minimum atomic E-state index is -0.595. The number of allylic oxidation sites excluding steroid dienone is 1. The molecular weight excluding hydrogens is 380 g/mol. The van der Waals surface area contributed by atoms with Crippen LogP contribution in [0.15, 0.2) is 59.8 Å². The van der Waals surface area contributed by atoms with Crippen molar-refractivity contribution >= 4 is 12.0 Å². The van der Waals surface area contributed by atoms with Crippen LogP contribution in [0.5, 0.6) is 5.75 Å². The van der Waals surface area contributed by atoms with Gasteiger partial charge in [0.1, 0.15) is 12.4 Å². The Morgan fingerprint density at radius 2 is 1.87 bits per heavy atom. The molecule has 3 rings (SSSR count). The second-order valence-corrected chi connectivity index (χ2v) is 7.24. The van der Waals surface area contributed by atoms with E-state index < -0.39 is 12.0 Å². The van der Waals surface area contributed by atoms with Crippen molar-refractivity contribution in [1.29, 1.82) is 0 Å². The monoisotopic (exact) mass is 408 g/mol. The van der Waals surface area contributed by atoms with Gasteiger partial charge in [0.05, 0.1) is 18.2 Å². The maximum absolute atomic E-state index is 12.7. The third kappa shape index (κ3) is 5.20. The highest BCUT2D eigenvalue weighted by Gasteiger charge is 2.33. The number of hydrogen-bond donors (Lipinski definition) is 2. The number of aryl methyl sites for hydroxylation is 1. The molecule has 0 aliphatic carbocycles. The predicted octanol–water partition coefficient (Wildman–Crippen LogP) is 4.55. The minimum Gasteiger partial charge on any atom is -0.489 e. The normalized spacial score (nSPS) is 16.0. The minimum absolute atomic E-state index is 0.266. The molecule has 0 fully saturated rings. The van der Waals surface area contributed by atoms with Gasteiger partial charge in [-0.3, -0.25) is 0 Å². The fourth-order valence-corrected chi connectivity index (χ4v) is 3.40. The lowest BCUT2D eigenvalue weighted by Crippen LogP contribution is -2.46. The summed E-state index contributed by atoms with van der Waals surface area (Å²) in [6.07, 6.45) is 1.38. The maximum Gasteiger partial charge on any atom is 0.338 e. The first kappa shape index (κ1) is 21.4. The van der Waals surface area contributed by atoms with E-state index in [4.69, 9.17) is 9.47 Å². The molecule has 1 aliphatic rings. The van der Waals surface area contributed by atoms with Crippen LogP contribution in [0, 0.1) is 6.92 Å². The summed E-state index contributed by atoms with van der Waals surface area (Å²) >= 11 is 0. The summed E-state index contributed by atoms with van der Waals surface area (Å²) in [4.78, 5) is 24.9. The van der Waals surface area contributed by atoms with Crippen molar-refractivity contribution in [2.75, 3.05) is 6.61 Å². The van der Waals surface area contributed by atoms with Crippen LogP contribution >= 0.6 is 0 Å². The number of carbonyl (C=O) groups is 2. The average molecular weight is 408 g/mol. The van der Waals surface area contributed by atoms with Gasteiger partial charge in [0.25, 0.3) is 0 Å². The molecule has 158 valence electrons. The third-order valence-electron chi connectivity index (χ3n) is 4.87. The van der Waals surface area contributed by atoms with Gasteiger partial charge in [-0.15, -0.1) is 0 Å². The number of nitrogens with one attached hydrogen (secondary N) is 2. The van der Waals surface area contributed by atoms with E-state index in [2.05, 4.69) is 10.6 Å². The van der Waals surface area contributed by atoms with Crippen LogP contribution < -0.4 is 15.4 Å². The SMILES string of the molecule is CCCC1=C(C(=O)OCC)C(c2cccc(OCc3ccc(C)cc3)c2)NC(=O)N1. The first-order chi connectivity index (χ1) is 14.5. The lowest BCUT2D eigenvalue weighted by atomic mass is 9.93. The van der Waals surface area contributed by atoms with Crippen LogP contribution in [-0.4, -0.2) is 18.6 Å². The number of rotatable bonds is 8. The van der Waals surface area contributed by atoms with Gasteiger partial charge in [0.2, 0.25) is 0 Å². The zero-order chi connectivity index (χ0) is 21.5. The van der Waals surface area contributed by atoms with Gasteiger partial charge in [-0.05, 0) is 43.5 Å². The molecule has 6 heteroatoms. The zero-order valence-electron chi connectivity index (χ0n) is 17.7. The van der Waals surface area contributed by atoms with Gasteiger partial charge in [0.15, 0.2) is 0 Å². The molecule has 6 nitrogen and oxygen atoms in total. The van der Waals surface area contributed by atoms with Crippen LogP contribution in [0.3, 0.4) is 0 Å². The fourth-order valence-electron chi connectivity index (χ4n) is 3.40. The molecule has 2 aromatic rings. The van der Waals surface area contributed by atoms with Crippen LogP contribution in [0.4, 0.5) is 4.79 Å². The van der Waals surface area contributed by atoms with E-state index in [0.29, 0.717) is 30.0 Å². The maximum atomic E-state index is 12.7. The van der Waals surface area contributed by atoms with E-state index in [1.54, 1.807) is 6.92 Å². The highest BCUT2D eigenvalue weighted by atomic mass is 16.5. The summed E-state index contributed by atoms with van der Waals surface area (Å²) < 4.78 is 11.2. The molecular formula is C24H28N2O4. The summed E-state index contributed by atoms with van der Waals surface area (Å²) in [7, 11) is 0. The van der Waals surface area contributed by atoms with Gasteiger partial charge in [-0.2, -0.15) is 0 Å². The molecule has 2 amide bonds. The fraction of sp³-hybridized carbons (Fsp3) is 0.333. The molecule has 0 radical (unpaired) electrons. The van der Waals surface area contributed by atoms with E-state index in [-0.39, 0.29) is 12.6 Å². The van der Waals surface area contributed by atoms with E-state index in [9.17, 15) is 9.59 Å². The van der Waals surface area contributed by atoms with Crippen molar-refractivity contribution in [2.24, 2.45) is 0 Å². The highest BCUT2D eigenvalue weighted by molar-refractivity contribution is 5.95. The summed E-state index contributed by atoms with van der Waals surface area (Å²) in [5.41, 5.74) is 4.08. The lowest BCUT2D eigenvalue weighted by Gasteiger charge is -2.29. The van der Waals surface area contributed by atoms with Crippen LogP contribution in [0.2, 0.25) is 0 Å². The Labute approximate surface area is 177 Å². The Bertz CT molecular complexity index is 934. The van der Waals surface area contributed by atoms with Gasteiger partial charge in [-0.25, -0.2) is 9.59 Å². The van der Waals surface area contributed by atoms with E-state index in [0.717, 1.165) is 17.5 Å². The number of carbonyl (C=O) groups excluding carboxylic acids is 2. The largest absolute Gasteiger partial charge is 0.489 e. The van der Waals surface area contributed by atoms with Crippen LogP contribution in [0.25, 0.3) is 0 Å². The van der Waals surface area contributed by atoms with Gasteiger partial charge >= 0.3 is 12.0 Å². The van der Waals surface area contributed by atoms with E-state index in [1.165, 1.54) is 5.56 Å². The number of esters is 1. The van der Waals surface area contributed by atoms with Gasteiger partial charge in [0, 0.05) is 5.70 Å². The van der Waals surface area contributed by atoms with Crippen molar-refractivity contribution in [2.45, 2.75) is 46.3 Å². The molecule has 2 aromatic carbocycles. The second-order valence-electron chi connectivity index (χ2n) is 7.24. The topological polar surface area (TPSA) is 76.7 Å². The Balaban J connectivity index is 1.87. The van der Waals surface area contributed by atoms with Crippen molar-refractivity contribution in [3.05, 3.63) is 76.5 Å². The molecule has 1 heterocycles. The number of hydrogen-bond acceptors (Lipinski definition) is 4. The molecule has 0 bridgehead atoms. The molecule has 1 atom stereocenters. The Morgan fingerprint density at radius 1 is 1.10 bits per heavy atom. The van der Waals surface area contributed by atoms with E-state index in [1.807, 2.05) is 62.4 Å².